The third-order valence-corrected chi connectivity index (χ3v) is 4.12. The molecule has 0 aliphatic carbocycles. The smallest absolute Gasteiger partial charge is 0.331 e. The Labute approximate surface area is 174 Å². The molecule has 0 aliphatic rings. The summed E-state index contributed by atoms with van der Waals surface area (Å²) in [5.41, 5.74) is 1.19. The number of esters is 1. The van der Waals surface area contributed by atoms with Crippen molar-refractivity contribution in [3.63, 3.8) is 0 Å². The van der Waals surface area contributed by atoms with Crippen LogP contribution in [0.4, 0.5) is 5.69 Å². The van der Waals surface area contributed by atoms with E-state index in [0.29, 0.717) is 33.5 Å². The van der Waals surface area contributed by atoms with Crippen LogP contribution < -0.4 is 19.5 Å². The number of benzene rings is 2. The van der Waals surface area contributed by atoms with E-state index >= 15 is 0 Å². The largest absolute Gasteiger partial charge is 0.493 e. The van der Waals surface area contributed by atoms with Crippen molar-refractivity contribution >= 4 is 35.2 Å². The SMILES string of the molecule is COc1cc(/C=C/C(=O)OC(C)C(=O)Nc2ccc(Cl)cc2)cc(OC)c1OC. The van der Waals surface area contributed by atoms with E-state index in [0.717, 1.165) is 0 Å². The Morgan fingerprint density at radius 1 is 1.00 bits per heavy atom. The summed E-state index contributed by atoms with van der Waals surface area (Å²) in [5, 5.41) is 3.20. The maximum atomic E-state index is 12.2. The van der Waals surface area contributed by atoms with Crippen LogP contribution in [0, 0.1) is 0 Å². The zero-order chi connectivity index (χ0) is 21.4. The summed E-state index contributed by atoms with van der Waals surface area (Å²) in [5.74, 6) is 0.229. The zero-order valence-corrected chi connectivity index (χ0v) is 17.3. The van der Waals surface area contributed by atoms with Gasteiger partial charge in [0.05, 0.1) is 21.3 Å². The number of hydrogen-bond donors (Lipinski definition) is 1. The van der Waals surface area contributed by atoms with Crippen molar-refractivity contribution in [2.45, 2.75) is 13.0 Å². The molecule has 0 saturated heterocycles. The van der Waals surface area contributed by atoms with E-state index in [1.54, 1.807) is 36.4 Å². The molecule has 0 heterocycles. The maximum absolute atomic E-state index is 12.2. The van der Waals surface area contributed by atoms with Crippen molar-refractivity contribution < 1.29 is 28.5 Å². The summed E-state index contributed by atoms with van der Waals surface area (Å²) < 4.78 is 20.9. The van der Waals surface area contributed by atoms with Crippen molar-refractivity contribution in [1.82, 2.24) is 0 Å². The summed E-state index contributed by atoms with van der Waals surface area (Å²) in [6, 6.07) is 9.96. The number of amides is 1. The quantitative estimate of drug-likeness (QED) is 0.515. The molecule has 0 aliphatic heterocycles. The molecule has 2 aromatic carbocycles. The zero-order valence-electron chi connectivity index (χ0n) is 16.5. The van der Waals surface area contributed by atoms with E-state index in [9.17, 15) is 9.59 Å². The minimum absolute atomic E-state index is 0.446. The van der Waals surface area contributed by atoms with Gasteiger partial charge in [-0.1, -0.05) is 11.6 Å². The van der Waals surface area contributed by atoms with E-state index in [4.69, 9.17) is 30.5 Å². The normalized spacial score (nSPS) is 11.6. The van der Waals surface area contributed by atoms with E-state index in [-0.39, 0.29) is 0 Å². The number of carbonyl (C=O) groups is 2. The average Bonchev–Trinajstić information content (AvgIpc) is 2.72. The van der Waals surface area contributed by atoms with Crippen molar-refractivity contribution in [1.29, 1.82) is 0 Å². The Morgan fingerprint density at radius 3 is 2.10 bits per heavy atom. The first-order chi connectivity index (χ1) is 13.9. The highest BCUT2D eigenvalue weighted by Crippen LogP contribution is 2.38. The van der Waals surface area contributed by atoms with Gasteiger partial charge in [0.2, 0.25) is 5.75 Å². The van der Waals surface area contributed by atoms with Gasteiger partial charge in [-0.25, -0.2) is 4.79 Å². The van der Waals surface area contributed by atoms with Gasteiger partial charge in [-0.3, -0.25) is 4.79 Å². The summed E-state index contributed by atoms with van der Waals surface area (Å²) in [6.07, 6.45) is 1.76. The molecule has 2 rings (SSSR count). The van der Waals surface area contributed by atoms with Gasteiger partial charge >= 0.3 is 5.97 Å². The van der Waals surface area contributed by atoms with Crippen LogP contribution in [0.5, 0.6) is 17.2 Å². The Morgan fingerprint density at radius 2 is 1.59 bits per heavy atom. The van der Waals surface area contributed by atoms with Gasteiger partial charge in [-0.15, -0.1) is 0 Å². The molecular weight excluding hydrogens is 398 g/mol. The highest BCUT2D eigenvalue weighted by Gasteiger charge is 2.17. The Bertz CT molecular complexity index is 870. The second kappa shape index (κ2) is 10.4. The molecule has 154 valence electrons. The first kappa shape index (κ1) is 22.1. The number of rotatable bonds is 8. The Balaban J connectivity index is 2.01. The standard InChI is InChI=1S/C21H22ClNO6/c1-13(21(25)23-16-8-6-15(22)7-9-16)29-19(24)10-5-14-11-17(26-2)20(28-4)18(12-14)27-3/h5-13H,1-4H3,(H,23,25)/b10-5+. The molecule has 0 aromatic heterocycles. The summed E-state index contributed by atoms with van der Waals surface area (Å²) in [7, 11) is 4.50. The van der Waals surface area contributed by atoms with Crippen LogP contribution >= 0.6 is 11.6 Å². The fourth-order valence-electron chi connectivity index (χ4n) is 2.41. The highest BCUT2D eigenvalue weighted by atomic mass is 35.5. The predicted molar refractivity (Wildman–Crippen MR) is 111 cm³/mol. The molecule has 1 N–H and O–H groups in total. The second-order valence-electron chi connectivity index (χ2n) is 5.87. The first-order valence-electron chi connectivity index (χ1n) is 8.63. The van der Waals surface area contributed by atoms with E-state index in [1.807, 2.05) is 0 Å². The minimum Gasteiger partial charge on any atom is -0.493 e. The van der Waals surface area contributed by atoms with Crippen LogP contribution in [0.3, 0.4) is 0 Å². The van der Waals surface area contributed by atoms with Crippen LogP contribution in [0.2, 0.25) is 5.02 Å². The summed E-state index contributed by atoms with van der Waals surface area (Å²) in [4.78, 5) is 24.2. The lowest BCUT2D eigenvalue weighted by Crippen LogP contribution is -2.29. The minimum atomic E-state index is -0.984. The van der Waals surface area contributed by atoms with Crippen LogP contribution in [-0.4, -0.2) is 39.3 Å². The average molecular weight is 420 g/mol. The molecule has 2 aromatic rings. The number of anilines is 1. The number of methoxy groups -OCH3 is 3. The van der Waals surface area contributed by atoms with Crippen LogP contribution in [0.1, 0.15) is 12.5 Å². The molecule has 1 atom stereocenters. The molecule has 29 heavy (non-hydrogen) atoms. The third kappa shape index (κ3) is 6.15. The van der Waals surface area contributed by atoms with Crippen LogP contribution in [0.15, 0.2) is 42.5 Å². The summed E-state index contributed by atoms with van der Waals surface area (Å²) >= 11 is 5.81. The summed E-state index contributed by atoms with van der Waals surface area (Å²) in [6.45, 7) is 1.48. The van der Waals surface area contributed by atoms with Gasteiger partial charge in [0.1, 0.15) is 0 Å². The number of nitrogens with one attached hydrogen (secondary N) is 1. The number of carbonyl (C=O) groups excluding carboxylic acids is 2. The molecule has 0 saturated carbocycles. The maximum Gasteiger partial charge on any atom is 0.331 e. The lowest BCUT2D eigenvalue weighted by molar-refractivity contribution is -0.148. The lowest BCUT2D eigenvalue weighted by Gasteiger charge is -2.13. The van der Waals surface area contributed by atoms with E-state index in [1.165, 1.54) is 40.4 Å². The van der Waals surface area contributed by atoms with Crippen molar-refractivity contribution in [2.24, 2.45) is 0 Å². The molecule has 0 fully saturated rings. The van der Waals surface area contributed by atoms with Crippen LogP contribution in [-0.2, 0) is 14.3 Å². The Hall–Kier alpha value is -3.19. The molecule has 0 bridgehead atoms. The number of hydrogen-bond acceptors (Lipinski definition) is 6. The van der Waals surface area contributed by atoms with Gasteiger partial charge in [0, 0.05) is 16.8 Å². The monoisotopic (exact) mass is 419 g/mol. The highest BCUT2D eigenvalue weighted by molar-refractivity contribution is 6.30. The lowest BCUT2D eigenvalue weighted by atomic mass is 10.1. The van der Waals surface area contributed by atoms with Gasteiger partial charge in [-0.05, 0) is 55.0 Å². The van der Waals surface area contributed by atoms with E-state index < -0.39 is 18.0 Å². The first-order valence-corrected chi connectivity index (χ1v) is 9.00. The number of halogens is 1. The predicted octanol–water partition coefficient (Wildman–Crippen LogP) is 3.95. The fourth-order valence-corrected chi connectivity index (χ4v) is 2.53. The number of ether oxygens (including phenoxy) is 4. The third-order valence-electron chi connectivity index (χ3n) is 3.87. The molecule has 7 nitrogen and oxygen atoms in total. The molecule has 1 unspecified atom stereocenters. The molecule has 0 spiro atoms. The Kier molecular flexibility index (Phi) is 7.91. The van der Waals surface area contributed by atoms with Crippen molar-refractivity contribution in [2.75, 3.05) is 26.6 Å². The topological polar surface area (TPSA) is 83.1 Å². The molecule has 0 radical (unpaired) electrons. The van der Waals surface area contributed by atoms with Gasteiger partial charge in [-0.2, -0.15) is 0 Å². The fraction of sp³-hybridized carbons (Fsp3) is 0.238. The van der Waals surface area contributed by atoms with Crippen molar-refractivity contribution in [3.05, 3.63) is 53.1 Å². The second-order valence-corrected chi connectivity index (χ2v) is 6.30. The van der Waals surface area contributed by atoms with Gasteiger partial charge < -0.3 is 24.3 Å². The van der Waals surface area contributed by atoms with Gasteiger partial charge in [0.15, 0.2) is 17.6 Å². The van der Waals surface area contributed by atoms with Gasteiger partial charge in [0.25, 0.3) is 5.91 Å². The van der Waals surface area contributed by atoms with Crippen LogP contribution in [0.25, 0.3) is 6.08 Å². The molecule has 8 heteroatoms. The molecular formula is C21H22ClNO6. The molecule has 1 amide bonds. The van der Waals surface area contributed by atoms with Crippen molar-refractivity contribution in [3.8, 4) is 17.2 Å². The van der Waals surface area contributed by atoms with E-state index in [2.05, 4.69) is 5.32 Å².